The van der Waals surface area contributed by atoms with Gasteiger partial charge in [0.05, 0.1) is 24.9 Å². The molecule has 3 aromatic rings. The van der Waals surface area contributed by atoms with Crippen LogP contribution in [-0.4, -0.2) is 32.9 Å². The second-order valence-corrected chi connectivity index (χ2v) is 7.06. The van der Waals surface area contributed by atoms with E-state index in [4.69, 9.17) is 14.2 Å². The second kappa shape index (κ2) is 10.5. The van der Waals surface area contributed by atoms with Gasteiger partial charge in [0.2, 0.25) is 0 Å². The number of nitrogens with zero attached hydrogens (tertiary/aromatic N) is 1. The predicted octanol–water partition coefficient (Wildman–Crippen LogP) is 4.66. The van der Waals surface area contributed by atoms with Gasteiger partial charge in [0.25, 0.3) is 5.91 Å². The van der Waals surface area contributed by atoms with Crippen molar-refractivity contribution in [2.75, 3.05) is 20.8 Å². The Bertz CT molecular complexity index is 1020. The number of hydrazone groups is 1. The molecule has 0 radical (unpaired) electrons. The predicted molar refractivity (Wildman–Crippen MR) is 120 cm³/mol. The summed E-state index contributed by atoms with van der Waals surface area (Å²) in [6.45, 7) is -0.141. The summed E-state index contributed by atoms with van der Waals surface area (Å²) in [5.41, 5.74) is 5.38. The van der Waals surface area contributed by atoms with Crippen molar-refractivity contribution in [3.63, 3.8) is 0 Å². The van der Waals surface area contributed by atoms with Crippen LogP contribution < -0.4 is 19.6 Å². The molecule has 1 N–H and O–H groups in total. The molecule has 0 saturated heterocycles. The lowest BCUT2D eigenvalue weighted by Crippen LogP contribution is -2.24. The Morgan fingerprint density at radius 3 is 2.37 bits per heavy atom. The normalized spacial score (nSPS) is 10.6. The molecule has 0 atom stereocenters. The van der Waals surface area contributed by atoms with Gasteiger partial charge in [-0.1, -0.05) is 42.5 Å². The Morgan fingerprint density at radius 2 is 1.70 bits per heavy atom. The first-order valence-corrected chi connectivity index (χ1v) is 9.91. The number of hydrogen-bond donors (Lipinski definition) is 1. The van der Waals surface area contributed by atoms with Crippen LogP contribution in [0.25, 0.3) is 11.1 Å². The number of amides is 1. The van der Waals surface area contributed by atoms with E-state index in [2.05, 4.69) is 26.5 Å². The maximum absolute atomic E-state index is 12.0. The second-order valence-electron chi connectivity index (χ2n) is 6.21. The molecule has 0 aliphatic rings. The maximum Gasteiger partial charge on any atom is 0.277 e. The molecule has 0 aliphatic carbocycles. The minimum Gasteiger partial charge on any atom is -0.493 e. The van der Waals surface area contributed by atoms with Crippen molar-refractivity contribution in [2.45, 2.75) is 0 Å². The van der Waals surface area contributed by atoms with Crippen LogP contribution in [0, 0.1) is 0 Å². The van der Waals surface area contributed by atoms with Gasteiger partial charge in [-0.3, -0.25) is 4.79 Å². The van der Waals surface area contributed by atoms with Crippen molar-refractivity contribution < 1.29 is 19.0 Å². The summed E-state index contributed by atoms with van der Waals surface area (Å²) in [6.07, 6.45) is 1.51. The maximum atomic E-state index is 12.0. The summed E-state index contributed by atoms with van der Waals surface area (Å²) in [5.74, 6) is 1.39. The zero-order valence-electron chi connectivity index (χ0n) is 16.6. The number of halogens is 1. The van der Waals surface area contributed by atoms with Crippen LogP contribution in [0.4, 0.5) is 0 Å². The van der Waals surface area contributed by atoms with E-state index < -0.39 is 0 Å². The first kappa shape index (κ1) is 21.4. The van der Waals surface area contributed by atoms with Crippen molar-refractivity contribution >= 4 is 28.1 Å². The molecule has 0 aliphatic heterocycles. The third kappa shape index (κ3) is 5.61. The zero-order valence-corrected chi connectivity index (χ0v) is 18.2. The summed E-state index contributed by atoms with van der Waals surface area (Å²) >= 11 is 3.42. The van der Waals surface area contributed by atoms with Gasteiger partial charge in [-0.05, 0) is 56.9 Å². The van der Waals surface area contributed by atoms with Crippen LogP contribution in [0.1, 0.15) is 5.56 Å². The average Bonchev–Trinajstić information content (AvgIpc) is 2.78. The van der Waals surface area contributed by atoms with Gasteiger partial charge in [-0.15, -0.1) is 0 Å². The van der Waals surface area contributed by atoms with Gasteiger partial charge >= 0.3 is 0 Å². The molecule has 3 rings (SSSR count). The number of carbonyl (C=O) groups is 1. The summed E-state index contributed by atoms with van der Waals surface area (Å²) in [6, 6.07) is 21.2. The Morgan fingerprint density at radius 1 is 1.00 bits per heavy atom. The lowest BCUT2D eigenvalue weighted by atomic mass is 10.1. The fourth-order valence-electron chi connectivity index (χ4n) is 2.75. The Hall–Kier alpha value is -3.32. The summed E-state index contributed by atoms with van der Waals surface area (Å²) in [4.78, 5) is 12.0. The summed E-state index contributed by atoms with van der Waals surface area (Å²) in [7, 11) is 3.11. The van der Waals surface area contributed by atoms with Gasteiger partial charge < -0.3 is 14.2 Å². The summed E-state index contributed by atoms with van der Waals surface area (Å²) < 4.78 is 16.8. The molecule has 0 aromatic heterocycles. The van der Waals surface area contributed by atoms with Crippen LogP contribution in [0.2, 0.25) is 0 Å². The Kier molecular flexibility index (Phi) is 7.45. The third-order valence-corrected chi connectivity index (χ3v) is 4.78. The molecule has 1 amide bonds. The molecule has 3 aromatic carbocycles. The van der Waals surface area contributed by atoms with Crippen LogP contribution in [-0.2, 0) is 4.79 Å². The van der Waals surface area contributed by atoms with Gasteiger partial charge in [-0.2, -0.15) is 5.10 Å². The molecule has 30 heavy (non-hydrogen) atoms. The van der Waals surface area contributed by atoms with Gasteiger partial charge in [0.15, 0.2) is 18.1 Å². The van der Waals surface area contributed by atoms with E-state index >= 15 is 0 Å². The number of rotatable bonds is 8. The Balaban J connectivity index is 1.52. The number of benzene rings is 3. The van der Waals surface area contributed by atoms with E-state index in [-0.39, 0.29) is 12.5 Å². The van der Waals surface area contributed by atoms with Gasteiger partial charge in [-0.25, -0.2) is 5.43 Å². The lowest BCUT2D eigenvalue weighted by Gasteiger charge is -2.10. The fourth-order valence-corrected chi connectivity index (χ4v) is 3.37. The number of methoxy groups -OCH3 is 2. The molecule has 0 unspecified atom stereocenters. The monoisotopic (exact) mass is 468 g/mol. The summed E-state index contributed by atoms with van der Waals surface area (Å²) in [5, 5.41) is 3.96. The van der Waals surface area contributed by atoms with Crippen LogP contribution in [0.15, 0.2) is 76.3 Å². The minimum absolute atomic E-state index is 0.141. The average molecular weight is 469 g/mol. The van der Waals surface area contributed by atoms with E-state index in [0.717, 1.165) is 21.2 Å². The van der Waals surface area contributed by atoms with Gasteiger partial charge in [0, 0.05) is 0 Å². The first-order valence-electron chi connectivity index (χ1n) is 9.12. The molecular weight excluding hydrogens is 448 g/mol. The van der Waals surface area contributed by atoms with E-state index in [1.165, 1.54) is 6.21 Å². The standard InChI is InChI=1S/C23H21BrN2O4/c1-28-21-13-16(12-20(24)23(21)29-2)14-25-26-22(27)15-30-19-10-8-18(9-11-19)17-6-4-3-5-7-17/h3-14H,15H2,1-2H3,(H,26,27)/b25-14+. The highest BCUT2D eigenvalue weighted by atomic mass is 79.9. The van der Waals surface area contributed by atoms with E-state index in [0.29, 0.717) is 17.2 Å². The molecular formula is C23H21BrN2O4. The van der Waals surface area contributed by atoms with Crippen molar-refractivity contribution in [3.8, 4) is 28.4 Å². The van der Waals surface area contributed by atoms with E-state index in [1.807, 2.05) is 60.7 Å². The molecule has 6 nitrogen and oxygen atoms in total. The number of carbonyl (C=O) groups excluding carboxylic acids is 1. The lowest BCUT2D eigenvalue weighted by molar-refractivity contribution is -0.123. The molecule has 0 bridgehead atoms. The van der Waals surface area contributed by atoms with Gasteiger partial charge in [0.1, 0.15) is 5.75 Å². The fraction of sp³-hybridized carbons (Fsp3) is 0.130. The van der Waals surface area contributed by atoms with E-state index in [1.54, 1.807) is 20.3 Å². The highest BCUT2D eigenvalue weighted by Crippen LogP contribution is 2.35. The number of hydrogen-bond acceptors (Lipinski definition) is 5. The van der Waals surface area contributed by atoms with E-state index in [9.17, 15) is 4.79 Å². The van der Waals surface area contributed by atoms with Crippen LogP contribution in [0.3, 0.4) is 0 Å². The van der Waals surface area contributed by atoms with Crippen LogP contribution >= 0.6 is 15.9 Å². The molecule has 0 spiro atoms. The van der Waals surface area contributed by atoms with Crippen molar-refractivity contribution in [3.05, 3.63) is 76.8 Å². The van der Waals surface area contributed by atoms with Crippen LogP contribution in [0.5, 0.6) is 17.2 Å². The number of ether oxygens (including phenoxy) is 3. The highest BCUT2D eigenvalue weighted by molar-refractivity contribution is 9.10. The quantitative estimate of drug-likeness (QED) is 0.385. The number of nitrogens with one attached hydrogen (secondary N) is 1. The highest BCUT2D eigenvalue weighted by Gasteiger charge is 2.09. The van der Waals surface area contributed by atoms with Crippen molar-refractivity contribution in [1.29, 1.82) is 0 Å². The molecule has 7 heteroatoms. The largest absolute Gasteiger partial charge is 0.493 e. The topological polar surface area (TPSA) is 69.2 Å². The minimum atomic E-state index is -0.363. The zero-order chi connectivity index (χ0) is 21.3. The van der Waals surface area contributed by atoms with Crippen molar-refractivity contribution in [1.82, 2.24) is 5.43 Å². The SMILES string of the molecule is COc1cc(/C=N/NC(=O)COc2ccc(-c3ccccc3)cc2)cc(Br)c1OC. The molecule has 0 fully saturated rings. The third-order valence-electron chi connectivity index (χ3n) is 4.19. The first-order chi connectivity index (χ1) is 14.6. The molecule has 154 valence electrons. The van der Waals surface area contributed by atoms with Crippen molar-refractivity contribution in [2.24, 2.45) is 5.10 Å². The Labute approximate surface area is 183 Å². The molecule has 0 heterocycles. The smallest absolute Gasteiger partial charge is 0.277 e. The molecule has 0 saturated carbocycles.